The van der Waals surface area contributed by atoms with Gasteiger partial charge in [0.15, 0.2) is 0 Å². The van der Waals surface area contributed by atoms with Crippen molar-refractivity contribution in [3.63, 3.8) is 0 Å². The Morgan fingerprint density at radius 2 is 2.64 bits per heavy atom. The summed E-state index contributed by atoms with van der Waals surface area (Å²) in [6.45, 7) is 1.47. The van der Waals surface area contributed by atoms with Crippen LogP contribution in [0.2, 0.25) is 0 Å². The molecule has 76 valence electrons. The minimum atomic E-state index is 0.00162. The highest BCUT2D eigenvalue weighted by Crippen LogP contribution is 2.11. The molecule has 2 rings (SSSR count). The normalized spacial score (nSPS) is 21.0. The van der Waals surface area contributed by atoms with Crippen LogP contribution in [0.3, 0.4) is 0 Å². The van der Waals surface area contributed by atoms with Gasteiger partial charge in [-0.1, -0.05) is 0 Å². The molecule has 3 nitrogen and oxygen atoms in total. The van der Waals surface area contributed by atoms with Crippen molar-refractivity contribution in [1.82, 2.24) is 5.32 Å². The van der Waals surface area contributed by atoms with Gasteiger partial charge in [-0.2, -0.15) is 11.3 Å². The summed E-state index contributed by atoms with van der Waals surface area (Å²) in [4.78, 5) is 11.5. The fourth-order valence-electron chi connectivity index (χ4n) is 1.51. The maximum atomic E-state index is 11.5. The second-order valence-corrected chi connectivity index (χ2v) is 4.14. The second-order valence-electron chi connectivity index (χ2n) is 3.36. The molecule has 0 saturated carbocycles. The van der Waals surface area contributed by atoms with Crippen molar-refractivity contribution >= 4 is 17.2 Å². The lowest BCUT2D eigenvalue weighted by Gasteiger charge is -2.09. The van der Waals surface area contributed by atoms with Crippen LogP contribution >= 0.6 is 11.3 Å². The molecule has 0 unspecified atom stereocenters. The van der Waals surface area contributed by atoms with Crippen molar-refractivity contribution < 1.29 is 9.53 Å². The van der Waals surface area contributed by atoms with E-state index in [0.29, 0.717) is 6.54 Å². The maximum Gasteiger partial charge on any atom is 0.252 e. The average Bonchev–Trinajstić information content (AvgIpc) is 2.87. The number of carbonyl (C=O) groups excluding carboxylic acids is 1. The van der Waals surface area contributed by atoms with Crippen LogP contribution in [0.1, 0.15) is 23.2 Å². The number of thiophene rings is 1. The molecule has 2 heterocycles. The third kappa shape index (κ3) is 2.33. The summed E-state index contributed by atoms with van der Waals surface area (Å²) in [6.07, 6.45) is 2.39. The topological polar surface area (TPSA) is 38.3 Å². The van der Waals surface area contributed by atoms with Gasteiger partial charge in [0.25, 0.3) is 5.91 Å². The van der Waals surface area contributed by atoms with Crippen LogP contribution < -0.4 is 5.32 Å². The number of hydrogen-bond donors (Lipinski definition) is 1. The zero-order valence-electron chi connectivity index (χ0n) is 7.86. The molecule has 0 aromatic carbocycles. The summed E-state index contributed by atoms with van der Waals surface area (Å²) in [7, 11) is 0. The summed E-state index contributed by atoms with van der Waals surface area (Å²) in [6, 6.07) is 1.83. The Hall–Kier alpha value is -0.870. The summed E-state index contributed by atoms with van der Waals surface area (Å²) in [5.41, 5.74) is 0.744. The lowest BCUT2D eigenvalue weighted by Crippen LogP contribution is -2.31. The van der Waals surface area contributed by atoms with Crippen molar-refractivity contribution in [3.8, 4) is 0 Å². The van der Waals surface area contributed by atoms with Crippen LogP contribution in [-0.4, -0.2) is 25.2 Å². The van der Waals surface area contributed by atoms with Gasteiger partial charge in [-0.25, -0.2) is 0 Å². The van der Waals surface area contributed by atoms with Gasteiger partial charge in [0.2, 0.25) is 0 Å². The van der Waals surface area contributed by atoms with Gasteiger partial charge in [0.05, 0.1) is 6.10 Å². The number of hydrogen-bond acceptors (Lipinski definition) is 3. The first-order valence-corrected chi connectivity index (χ1v) is 5.72. The van der Waals surface area contributed by atoms with Gasteiger partial charge in [0.1, 0.15) is 0 Å². The fourth-order valence-corrected chi connectivity index (χ4v) is 2.14. The van der Waals surface area contributed by atoms with Gasteiger partial charge in [-0.3, -0.25) is 4.79 Å². The monoisotopic (exact) mass is 211 g/mol. The van der Waals surface area contributed by atoms with Crippen LogP contribution in [0.4, 0.5) is 0 Å². The molecule has 0 radical (unpaired) electrons. The lowest BCUT2D eigenvalue weighted by atomic mass is 10.2. The highest BCUT2D eigenvalue weighted by atomic mass is 32.1. The van der Waals surface area contributed by atoms with E-state index >= 15 is 0 Å². The van der Waals surface area contributed by atoms with E-state index in [-0.39, 0.29) is 12.0 Å². The van der Waals surface area contributed by atoms with Crippen molar-refractivity contribution in [2.75, 3.05) is 13.2 Å². The SMILES string of the molecule is O=C(NC[C@@H]1CCCO1)c1ccsc1. The predicted molar refractivity (Wildman–Crippen MR) is 55.6 cm³/mol. The third-order valence-electron chi connectivity index (χ3n) is 2.30. The first-order valence-electron chi connectivity index (χ1n) is 4.78. The van der Waals surface area contributed by atoms with Crippen LogP contribution in [0.5, 0.6) is 0 Å². The smallest absolute Gasteiger partial charge is 0.252 e. The Labute approximate surface area is 87.1 Å². The molecule has 1 aromatic heterocycles. The van der Waals surface area contributed by atoms with Crippen LogP contribution in [-0.2, 0) is 4.74 Å². The van der Waals surface area contributed by atoms with Crippen molar-refractivity contribution in [1.29, 1.82) is 0 Å². The predicted octanol–water partition coefficient (Wildman–Crippen LogP) is 1.66. The van der Waals surface area contributed by atoms with E-state index in [1.807, 2.05) is 16.8 Å². The molecule has 1 N–H and O–H groups in total. The Morgan fingerprint density at radius 3 is 3.29 bits per heavy atom. The molecular weight excluding hydrogens is 198 g/mol. The summed E-state index contributed by atoms with van der Waals surface area (Å²) in [5.74, 6) is 0.00162. The number of nitrogens with one attached hydrogen (secondary N) is 1. The van der Waals surface area contributed by atoms with Crippen LogP contribution in [0, 0.1) is 0 Å². The Balaban J connectivity index is 1.78. The van der Waals surface area contributed by atoms with E-state index in [1.165, 1.54) is 11.3 Å². The van der Waals surface area contributed by atoms with E-state index in [4.69, 9.17) is 4.74 Å². The third-order valence-corrected chi connectivity index (χ3v) is 2.98. The number of rotatable bonds is 3. The molecule has 14 heavy (non-hydrogen) atoms. The van der Waals surface area contributed by atoms with Crippen LogP contribution in [0.15, 0.2) is 16.8 Å². The minimum absolute atomic E-state index is 0.00162. The summed E-state index contributed by atoms with van der Waals surface area (Å²) >= 11 is 1.53. The van der Waals surface area contributed by atoms with Gasteiger partial charge >= 0.3 is 0 Å². The quantitative estimate of drug-likeness (QED) is 0.825. The Morgan fingerprint density at radius 1 is 1.71 bits per heavy atom. The summed E-state index contributed by atoms with van der Waals surface area (Å²) in [5, 5.41) is 6.63. The van der Waals surface area contributed by atoms with E-state index in [2.05, 4.69) is 5.32 Å². The first-order chi connectivity index (χ1) is 6.86. The molecule has 1 aliphatic heterocycles. The number of amides is 1. The molecular formula is C10H13NO2S. The highest BCUT2D eigenvalue weighted by molar-refractivity contribution is 7.08. The number of carbonyl (C=O) groups is 1. The van der Waals surface area contributed by atoms with Gasteiger partial charge in [-0.05, 0) is 24.3 Å². The zero-order chi connectivity index (χ0) is 9.80. The molecule has 0 spiro atoms. The Bertz CT molecular complexity index is 291. The molecule has 1 amide bonds. The first kappa shape index (κ1) is 9.68. The molecule has 1 aliphatic rings. The minimum Gasteiger partial charge on any atom is -0.376 e. The van der Waals surface area contributed by atoms with Crippen LogP contribution in [0.25, 0.3) is 0 Å². The van der Waals surface area contributed by atoms with E-state index in [9.17, 15) is 4.79 Å². The van der Waals surface area contributed by atoms with E-state index in [0.717, 1.165) is 25.0 Å². The molecule has 1 atom stereocenters. The van der Waals surface area contributed by atoms with E-state index in [1.54, 1.807) is 0 Å². The molecule has 4 heteroatoms. The largest absolute Gasteiger partial charge is 0.376 e. The molecule has 0 bridgehead atoms. The zero-order valence-corrected chi connectivity index (χ0v) is 8.68. The van der Waals surface area contributed by atoms with E-state index < -0.39 is 0 Å². The standard InChI is InChI=1S/C10H13NO2S/c12-10(8-3-5-14-7-8)11-6-9-2-1-4-13-9/h3,5,7,9H,1-2,4,6H2,(H,11,12)/t9-/m0/s1. The highest BCUT2D eigenvalue weighted by Gasteiger charge is 2.16. The van der Waals surface area contributed by atoms with Gasteiger partial charge in [-0.15, -0.1) is 0 Å². The molecule has 1 saturated heterocycles. The van der Waals surface area contributed by atoms with Crippen molar-refractivity contribution in [2.45, 2.75) is 18.9 Å². The summed E-state index contributed by atoms with van der Waals surface area (Å²) < 4.78 is 5.41. The van der Waals surface area contributed by atoms with Crippen molar-refractivity contribution in [2.24, 2.45) is 0 Å². The van der Waals surface area contributed by atoms with Crippen molar-refractivity contribution in [3.05, 3.63) is 22.4 Å². The molecule has 1 fully saturated rings. The van der Waals surface area contributed by atoms with Gasteiger partial charge < -0.3 is 10.1 Å². The molecule has 1 aromatic rings. The average molecular weight is 211 g/mol. The fraction of sp³-hybridized carbons (Fsp3) is 0.500. The lowest BCUT2D eigenvalue weighted by molar-refractivity contribution is 0.0858. The van der Waals surface area contributed by atoms with Gasteiger partial charge in [0, 0.05) is 24.1 Å². The second kappa shape index (κ2) is 4.57. The Kier molecular flexibility index (Phi) is 3.16. The molecule has 0 aliphatic carbocycles. The number of ether oxygens (including phenoxy) is 1. The maximum absolute atomic E-state index is 11.5.